The molecule has 0 saturated heterocycles. The quantitative estimate of drug-likeness (QED) is 0.784. The van der Waals surface area contributed by atoms with Crippen molar-refractivity contribution in [1.29, 1.82) is 0 Å². The maximum Gasteiger partial charge on any atom is 0.186 e. The highest BCUT2D eigenvalue weighted by atomic mass is 19.1. The number of hydrogen-bond acceptors (Lipinski definition) is 5. The van der Waals surface area contributed by atoms with Gasteiger partial charge in [0.2, 0.25) is 0 Å². The van der Waals surface area contributed by atoms with Crippen molar-refractivity contribution in [3.8, 4) is 0 Å². The molecule has 1 N–H and O–H groups in total. The third kappa shape index (κ3) is 2.86. The van der Waals surface area contributed by atoms with Crippen LogP contribution < -0.4 is 5.32 Å². The number of rotatable bonds is 5. The van der Waals surface area contributed by atoms with E-state index < -0.39 is 5.82 Å². The van der Waals surface area contributed by atoms with E-state index in [4.69, 9.17) is 0 Å². The molecule has 0 spiro atoms. The third-order valence-electron chi connectivity index (χ3n) is 3.77. The van der Waals surface area contributed by atoms with Crippen molar-refractivity contribution >= 4 is 11.5 Å². The van der Waals surface area contributed by atoms with E-state index >= 15 is 0 Å². The summed E-state index contributed by atoms with van der Waals surface area (Å²) in [5.74, 6) is 0.686. The molecule has 0 bridgehead atoms. The number of fused-ring (bicyclic) bond motifs is 1. The molecule has 1 unspecified atom stereocenters. The molecule has 0 fully saturated rings. The van der Waals surface area contributed by atoms with Crippen LogP contribution in [-0.4, -0.2) is 24.6 Å². The van der Waals surface area contributed by atoms with Crippen LogP contribution in [0, 0.1) is 11.7 Å². The van der Waals surface area contributed by atoms with E-state index in [1.54, 1.807) is 0 Å². The molecule has 1 atom stereocenters. The van der Waals surface area contributed by atoms with Crippen molar-refractivity contribution in [3.63, 3.8) is 0 Å². The highest BCUT2D eigenvalue weighted by Crippen LogP contribution is 2.26. The summed E-state index contributed by atoms with van der Waals surface area (Å²) in [7, 11) is 0. The van der Waals surface area contributed by atoms with Gasteiger partial charge in [-0.05, 0) is 24.5 Å². The number of aryl methyl sites for hydroxylation is 1. The molecule has 3 rings (SSSR count). The molecule has 7 heteroatoms. The van der Waals surface area contributed by atoms with E-state index in [0.29, 0.717) is 12.1 Å². The van der Waals surface area contributed by atoms with Gasteiger partial charge in [0.05, 0.1) is 11.7 Å². The summed E-state index contributed by atoms with van der Waals surface area (Å²) in [6.07, 6.45) is 3.79. The molecular formula is C16H19FN6. The van der Waals surface area contributed by atoms with E-state index in [2.05, 4.69) is 25.5 Å². The molecule has 0 aliphatic carbocycles. The van der Waals surface area contributed by atoms with Gasteiger partial charge in [-0.1, -0.05) is 26.8 Å². The second-order valence-electron chi connectivity index (χ2n) is 5.69. The van der Waals surface area contributed by atoms with E-state index in [1.165, 1.54) is 6.33 Å². The second-order valence-corrected chi connectivity index (χ2v) is 5.69. The fourth-order valence-electron chi connectivity index (χ4n) is 2.50. The predicted octanol–water partition coefficient (Wildman–Crippen LogP) is 3.03. The van der Waals surface area contributed by atoms with Crippen LogP contribution in [0.4, 0.5) is 10.2 Å². The molecule has 3 aromatic heterocycles. The Labute approximate surface area is 133 Å². The molecule has 0 aliphatic heterocycles. The van der Waals surface area contributed by atoms with Gasteiger partial charge in [-0.15, -0.1) is 10.2 Å². The van der Waals surface area contributed by atoms with Crippen molar-refractivity contribution in [1.82, 2.24) is 24.6 Å². The van der Waals surface area contributed by atoms with Gasteiger partial charge in [-0.25, -0.2) is 14.4 Å². The Balaban J connectivity index is 2.00. The van der Waals surface area contributed by atoms with Crippen LogP contribution in [0.2, 0.25) is 0 Å². The highest BCUT2D eigenvalue weighted by Gasteiger charge is 2.24. The number of nitrogens with one attached hydrogen (secondary N) is 1. The van der Waals surface area contributed by atoms with Crippen molar-refractivity contribution in [3.05, 3.63) is 48.1 Å². The van der Waals surface area contributed by atoms with Gasteiger partial charge in [0.1, 0.15) is 6.33 Å². The predicted molar refractivity (Wildman–Crippen MR) is 85.6 cm³/mol. The molecule has 120 valence electrons. The van der Waals surface area contributed by atoms with Crippen LogP contribution in [0.3, 0.4) is 0 Å². The summed E-state index contributed by atoms with van der Waals surface area (Å²) in [5, 5.41) is 11.6. The number of halogens is 1. The van der Waals surface area contributed by atoms with E-state index in [0.717, 1.165) is 11.5 Å². The Morgan fingerprint density at radius 3 is 2.78 bits per heavy atom. The van der Waals surface area contributed by atoms with E-state index in [-0.39, 0.29) is 17.8 Å². The maximum atomic E-state index is 14.4. The summed E-state index contributed by atoms with van der Waals surface area (Å²) in [4.78, 5) is 8.01. The van der Waals surface area contributed by atoms with Crippen molar-refractivity contribution in [2.75, 3.05) is 5.32 Å². The Morgan fingerprint density at radius 1 is 1.22 bits per heavy atom. The first kappa shape index (κ1) is 15.3. The van der Waals surface area contributed by atoms with Gasteiger partial charge in [0.25, 0.3) is 0 Å². The highest BCUT2D eigenvalue weighted by molar-refractivity contribution is 5.42. The van der Waals surface area contributed by atoms with Gasteiger partial charge in [-0.3, -0.25) is 4.40 Å². The smallest absolute Gasteiger partial charge is 0.186 e. The lowest BCUT2D eigenvalue weighted by atomic mass is 10.0. The van der Waals surface area contributed by atoms with Crippen molar-refractivity contribution in [2.24, 2.45) is 5.92 Å². The molecule has 0 aliphatic rings. The lowest BCUT2D eigenvalue weighted by Gasteiger charge is -2.22. The summed E-state index contributed by atoms with van der Waals surface area (Å²) in [5.41, 5.74) is 1.16. The average Bonchev–Trinajstić information content (AvgIpc) is 2.97. The van der Waals surface area contributed by atoms with Gasteiger partial charge in [0.15, 0.2) is 23.1 Å². The largest absolute Gasteiger partial charge is 0.357 e. The molecule has 0 saturated carbocycles. The second kappa shape index (κ2) is 6.28. The third-order valence-corrected chi connectivity index (χ3v) is 3.77. The van der Waals surface area contributed by atoms with Crippen LogP contribution in [0.15, 0.2) is 30.7 Å². The summed E-state index contributed by atoms with van der Waals surface area (Å²) in [6, 6.07) is 5.48. The van der Waals surface area contributed by atoms with Crippen LogP contribution in [0.25, 0.3) is 5.65 Å². The summed E-state index contributed by atoms with van der Waals surface area (Å²) in [6.45, 7) is 5.95. The van der Waals surface area contributed by atoms with Crippen LogP contribution in [0.1, 0.15) is 38.3 Å². The molecule has 0 radical (unpaired) electrons. The molecular weight excluding hydrogens is 295 g/mol. The first-order chi connectivity index (χ1) is 11.1. The monoisotopic (exact) mass is 314 g/mol. The zero-order valence-corrected chi connectivity index (χ0v) is 13.4. The van der Waals surface area contributed by atoms with Gasteiger partial charge in [0, 0.05) is 6.20 Å². The van der Waals surface area contributed by atoms with Gasteiger partial charge >= 0.3 is 0 Å². The molecule has 3 aromatic rings. The number of pyridine rings is 1. The lowest BCUT2D eigenvalue weighted by Crippen LogP contribution is -2.21. The molecule has 0 aromatic carbocycles. The zero-order valence-electron chi connectivity index (χ0n) is 13.4. The van der Waals surface area contributed by atoms with E-state index in [1.807, 2.05) is 49.6 Å². The number of nitrogens with zero attached hydrogens (tertiary/aromatic N) is 5. The molecule has 3 heterocycles. The minimum Gasteiger partial charge on any atom is -0.357 e. The first-order valence-corrected chi connectivity index (χ1v) is 7.67. The zero-order chi connectivity index (χ0) is 16.4. The van der Waals surface area contributed by atoms with E-state index in [9.17, 15) is 4.39 Å². The van der Waals surface area contributed by atoms with Gasteiger partial charge < -0.3 is 5.32 Å². The SMILES string of the molecule is CCc1ncnc(NC(c2nnc3ccccn23)C(C)C)c1F. The van der Waals surface area contributed by atoms with Crippen molar-refractivity contribution in [2.45, 2.75) is 33.2 Å². The first-order valence-electron chi connectivity index (χ1n) is 7.67. The molecule has 0 amide bonds. The Hall–Kier alpha value is -2.57. The summed E-state index contributed by atoms with van der Waals surface area (Å²) < 4.78 is 16.3. The fraction of sp³-hybridized carbons (Fsp3) is 0.375. The minimum absolute atomic E-state index is 0.169. The van der Waals surface area contributed by atoms with Crippen LogP contribution in [0.5, 0.6) is 0 Å². The number of aromatic nitrogens is 5. The Morgan fingerprint density at radius 2 is 2.04 bits per heavy atom. The Kier molecular flexibility index (Phi) is 4.18. The standard InChI is InChI=1S/C16H19FN6/c1-4-11-13(17)15(19-9-18-11)20-14(10(2)3)16-22-21-12-7-5-6-8-23(12)16/h5-10,14H,4H2,1-3H3,(H,18,19,20). The lowest BCUT2D eigenvalue weighted by molar-refractivity contribution is 0.508. The number of anilines is 1. The molecule has 23 heavy (non-hydrogen) atoms. The molecule has 6 nitrogen and oxygen atoms in total. The maximum absolute atomic E-state index is 14.4. The summed E-state index contributed by atoms with van der Waals surface area (Å²) >= 11 is 0. The van der Waals surface area contributed by atoms with Crippen molar-refractivity contribution < 1.29 is 4.39 Å². The minimum atomic E-state index is -0.408. The number of hydrogen-bond donors (Lipinski definition) is 1. The van der Waals surface area contributed by atoms with Crippen LogP contribution >= 0.6 is 0 Å². The normalized spacial score (nSPS) is 12.7. The fourth-order valence-corrected chi connectivity index (χ4v) is 2.50. The average molecular weight is 314 g/mol. The topological polar surface area (TPSA) is 68.0 Å². The van der Waals surface area contributed by atoms with Gasteiger partial charge in [-0.2, -0.15) is 0 Å². The Bertz CT molecular complexity index is 813. The van der Waals surface area contributed by atoms with Crippen LogP contribution in [-0.2, 0) is 6.42 Å².